The van der Waals surface area contributed by atoms with Gasteiger partial charge in [-0.25, -0.2) is 4.79 Å². The second-order valence-corrected chi connectivity index (χ2v) is 4.19. The molecule has 6 heteroatoms. The summed E-state index contributed by atoms with van der Waals surface area (Å²) in [4.78, 5) is 13.2. The van der Waals surface area contributed by atoms with E-state index in [0.29, 0.717) is 5.56 Å². The summed E-state index contributed by atoms with van der Waals surface area (Å²) in [7, 11) is 2.05. The van der Waals surface area contributed by atoms with Gasteiger partial charge in [-0.05, 0) is 38.9 Å². The number of likely N-dealkylation sites (tertiary alicyclic amines) is 1. The summed E-state index contributed by atoms with van der Waals surface area (Å²) in [5.74, 6) is -0.783. The predicted molar refractivity (Wildman–Crippen MR) is 57.3 cm³/mol. The Morgan fingerprint density at radius 3 is 2.75 bits per heavy atom. The van der Waals surface area contributed by atoms with Gasteiger partial charge in [-0.2, -0.15) is 0 Å². The van der Waals surface area contributed by atoms with Crippen LogP contribution in [0.15, 0.2) is 4.52 Å². The molecule has 1 aliphatic heterocycles. The average Bonchev–Trinajstić information content (AvgIpc) is 2.62. The molecule has 6 nitrogen and oxygen atoms in total. The predicted octanol–water partition coefficient (Wildman–Crippen LogP) is 0.764. The lowest BCUT2D eigenvalue weighted by Gasteiger charge is -2.28. The highest BCUT2D eigenvalue weighted by molar-refractivity contribution is 5.88. The van der Waals surface area contributed by atoms with Crippen LogP contribution in [0, 0.1) is 0 Å². The number of hydrogen-bond donors (Lipinski definition) is 2. The summed E-state index contributed by atoms with van der Waals surface area (Å²) in [5.41, 5.74) is 6.17. The number of nitrogens with zero attached hydrogens (tertiary/aromatic N) is 2. The number of piperidine rings is 1. The number of rotatable bonds is 2. The molecule has 0 atom stereocenters. The standard InChI is InChI=1S/C10H15N3O3/c1-13-4-2-6(3-5-13)7-8(10(14)15)12-16-9(7)11/h6H,2-5,11H2,1H3,(H,14,15). The summed E-state index contributed by atoms with van der Waals surface area (Å²) in [6.07, 6.45) is 1.78. The van der Waals surface area contributed by atoms with E-state index in [4.69, 9.17) is 15.4 Å². The molecule has 88 valence electrons. The van der Waals surface area contributed by atoms with E-state index in [9.17, 15) is 4.79 Å². The number of aromatic nitrogens is 1. The third kappa shape index (κ3) is 1.88. The Balaban J connectivity index is 2.25. The zero-order valence-corrected chi connectivity index (χ0v) is 9.14. The van der Waals surface area contributed by atoms with Crippen molar-refractivity contribution < 1.29 is 14.4 Å². The van der Waals surface area contributed by atoms with Gasteiger partial charge in [0.05, 0.1) is 5.56 Å². The summed E-state index contributed by atoms with van der Waals surface area (Å²) in [6, 6.07) is 0. The average molecular weight is 225 g/mol. The first-order valence-electron chi connectivity index (χ1n) is 5.26. The van der Waals surface area contributed by atoms with Crippen LogP contribution in [0.1, 0.15) is 34.8 Å². The number of nitrogens with two attached hydrogens (primary N) is 1. The van der Waals surface area contributed by atoms with Gasteiger partial charge < -0.3 is 20.3 Å². The smallest absolute Gasteiger partial charge is 0.358 e. The number of carboxylic acid groups (broad SMARTS) is 1. The van der Waals surface area contributed by atoms with Crippen molar-refractivity contribution in [2.75, 3.05) is 25.9 Å². The molecule has 1 aliphatic rings. The zero-order valence-electron chi connectivity index (χ0n) is 9.14. The van der Waals surface area contributed by atoms with Gasteiger partial charge in [0.2, 0.25) is 5.88 Å². The van der Waals surface area contributed by atoms with Crippen molar-refractivity contribution in [2.45, 2.75) is 18.8 Å². The first-order valence-corrected chi connectivity index (χ1v) is 5.26. The van der Waals surface area contributed by atoms with Crippen molar-refractivity contribution in [2.24, 2.45) is 0 Å². The highest BCUT2D eigenvalue weighted by Crippen LogP contribution is 2.33. The molecule has 0 unspecified atom stereocenters. The molecule has 16 heavy (non-hydrogen) atoms. The van der Waals surface area contributed by atoms with Gasteiger partial charge in [0.15, 0.2) is 5.69 Å². The molecule has 2 heterocycles. The van der Waals surface area contributed by atoms with Crippen molar-refractivity contribution in [1.82, 2.24) is 10.1 Å². The molecule has 0 aliphatic carbocycles. The molecule has 0 bridgehead atoms. The fraction of sp³-hybridized carbons (Fsp3) is 0.600. The van der Waals surface area contributed by atoms with E-state index in [1.807, 2.05) is 7.05 Å². The molecule has 2 rings (SSSR count). The van der Waals surface area contributed by atoms with E-state index in [-0.39, 0.29) is 17.5 Å². The lowest BCUT2D eigenvalue weighted by atomic mass is 9.89. The van der Waals surface area contributed by atoms with Gasteiger partial charge in [-0.1, -0.05) is 5.16 Å². The van der Waals surface area contributed by atoms with Gasteiger partial charge in [-0.3, -0.25) is 0 Å². The summed E-state index contributed by atoms with van der Waals surface area (Å²) < 4.78 is 4.77. The number of nitrogen functional groups attached to an aromatic ring is 1. The Bertz CT molecular complexity index is 394. The van der Waals surface area contributed by atoms with Gasteiger partial charge in [0, 0.05) is 0 Å². The molecule has 1 aromatic rings. The second-order valence-electron chi connectivity index (χ2n) is 4.19. The number of hydrogen-bond acceptors (Lipinski definition) is 5. The molecular formula is C10H15N3O3. The Labute approximate surface area is 93.0 Å². The first kappa shape index (κ1) is 10.9. The van der Waals surface area contributed by atoms with Crippen LogP contribution in [0.25, 0.3) is 0 Å². The van der Waals surface area contributed by atoms with Crippen molar-refractivity contribution in [3.05, 3.63) is 11.3 Å². The normalized spacial score (nSPS) is 18.8. The first-order chi connectivity index (χ1) is 7.59. The maximum Gasteiger partial charge on any atom is 0.358 e. The number of carboxylic acids is 1. The Hall–Kier alpha value is -1.56. The molecule has 0 spiro atoms. The van der Waals surface area contributed by atoms with Crippen LogP contribution in [0.2, 0.25) is 0 Å². The van der Waals surface area contributed by atoms with Crippen LogP contribution in [0.4, 0.5) is 5.88 Å². The third-order valence-corrected chi connectivity index (χ3v) is 3.09. The minimum atomic E-state index is -1.07. The van der Waals surface area contributed by atoms with E-state index in [1.54, 1.807) is 0 Å². The number of aromatic carboxylic acids is 1. The van der Waals surface area contributed by atoms with Gasteiger partial charge in [0.1, 0.15) is 0 Å². The Kier molecular flexibility index (Phi) is 2.82. The zero-order chi connectivity index (χ0) is 11.7. The van der Waals surface area contributed by atoms with E-state index in [1.165, 1.54) is 0 Å². The molecule has 1 aromatic heterocycles. The van der Waals surface area contributed by atoms with Gasteiger partial charge in [0.25, 0.3) is 0 Å². The summed E-state index contributed by atoms with van der Waals surface area (Å²) >= 11 is 0. The van der Waals surface area contributed by atoms with Crippen molar-refractivity contribution >= 4 is 11.9 Å². The molecule has 0 saturated carbocycles. The minimum absolute atomic E-state index is 0.0351. The lowest BCUT2D eigenvalue weighted by molar-refractivity contribution is 0.0683. The fourth-order valence-corrected chi connectivity index (χ4v) is 2.16. The highest BCUT2D eigenvalue weighted by Gasteiger charge is 2.29. The van der Waals surface area contributed by atoms with Crippen LogP contribution in [-0.2, 0) is 0 Å². The molecule has 1 fully saturated rings. The molecule has 3 N–H and O–H groups in total. The van der Waals surface area contributed by atoms with Crippen LogP contribution in [-0.4, -0.2) is 41.3 Å². The maximum absolute atomic E-state index is 11.0. The maximum atomic E-state index is 11.0. The van der Waals surface area contributed by atoms with Crippen LogP contribution >= 0.6 is 0 Å². The van der Waals surface area contributed by atoms with E-state index in [2.05, 4.69) is 10.1 Å². The van der Waals surface area contributed by atoms with Crippen LogP contribution in [0.3, 0.4) is 0 Å². The second kappa shape index (κ2) is 4.13. The molecule has 1 saturated heterocycles. The number of anilines is 1. The Morgan fingerprint density at radius 2 is 2.19 bits per heavy atom. The van der Waals surface area contributed by atoms with E-state index >= 15 is 0 Å². The SMILES string of the molecule is CN1CCC(c2c(C(=O)O)noc2N)CC1. The molecule has 0 amide bonds. The molecular weight excluding hydrogens is 210 g/mol. The molecule has 0 radical (unpaired) electrons. The Morgan fingerprint density at radius 1 is 1.56 bits per heavy atom. The van der Waals surface area contributed by atoms with E-state index in [0.717, 1.165) is 25.9 Å². The summed E-state index contributed by atoms with van der Waals surface area (Å²) in [6.45, 7) is 1.88. The topological polar surface area (TPSA) is 92.6 Å². The van der Waals surface area contributed by atoms with Gasteiger partial charge >= 0.3 is 5.97 Å². The van der Waals surface area contributed by atoms with Crippen molar-refractivity contribution in [3.8, 4) is 0 Å². The van der Waals surface area contributed by atoms with E-state index < -0.39 is 5.97 Å². The number of carbonyl (C=O) groups is 1. The summed E-state index contributed by atoms with van der Waals surface area (Å²) in [5, 5.41) is 12.5. The minimum Gasteiger partial charge on any atom is -0.476 e. The third-order valence-electron chi connectivity index (χ3n) is 3.09. The van der Waals surface area contributed by atoms with Crippen molar-refractivity contribution in [3.63, 3.8) is 0 Å². The van der Waals surface area contributed by atoms with Crippen molar-refractivity contribution in [1.29, 1.82) is 0 Å². The largest absolute Gasteiger partial charge is 0.476 e. The quantitative estimate of drug-likeness (QED) is 0.772. The monoisotopic (exact) mass is 225 g/mol. The van der Waals surface area contributed by atoms with Gasteiger partial charge in [-0.15, -0.1) is 0 Å². The van der Waals surface area contributed by atoms with Crippen LogP contribution in [0.5, 0.6) is 0 Å². The highest BCUT2D eigenvalue weighted by atomic mass is 16.5. The fourth-order valence-electron chi connectivity index (χ4n) is 2.16. The van der Waals surface area contributed by atoms with Crippen LogP contribution < -0.4 is 5.73 Å². The lowest BCUT2D eigenvalue weighted by Crippen LogP contribution is -2.29. The molecule has 0 aromatic carbocycles.